The molecule has 28 heavy (non-hydrogen) atoms. The van der Waals surface area contributed by atoms with Crippen molar-refractivity contribution in [2.24, 2.45) is 11.8 Å². The first-order valence-corrected chi connectivity index (χ1v) is 10.5. The number of likely N-dealkylation sites (tertiary alicyclic amines) is 2. The zero-order valence-corrected chi connectivity index (χ0v) is 16.8. The molecule has 3 saturated heterocycles. The van der Waals surface area contributed by atoms with Crippen molar-refractivity contribution in [3.05, 3.63) is 35.6 Å². The Kier molecular flexibility index (Phi) is 5.17. The Morgan fingerprint density at radius 2 is 1.93 bits per heavy atom. The van der Waals surface area contributed by atoms with E-state index >= 15 is 0 Å². The smallest absolute Gasteiger partial charge is 0.253 e. The zero-order valence-electron chi connectivity index (χ0n) is 16.8. The van der Waals surface area contributed by atoms with Crippen molar-refractivity contribution in [1.29, 1.82) is 0 Å². The first-order chi connectivity index (χ1) is 13.4. The maximum absolute atomic E-state index is 13.1. The van der Waals surface area contributed by atoms with Gasteiger partial charge in [0.05, 0.1) is 5.92 Å². The van der Waals surface area contributed by atoms with Gasteiger partial charge < -0.3 is 10.2 Å². The second-order valence-corrected chi connectivity index (χ2v) is 8.75. The molecule has 3 heterocycles. The molecule has 1 aromatic rings. The van der Waals surface area contributed by atoms with E-state index in [1.54, 1.807) is 12.1 Å². The van der Waals surface area contributed by atoms with Gasteiger partial charge >= 0.3 is 0 Å². The number of benzene rings is 1. The topological polar surface area (TPSA) is 52.7 Å². The fraction of sp³-hybridized carbons (Fsp3) is 0.636. The summed E-state index contributed by atoms with van der Waals surface area (Å²) >= 11 is 0. The second-order valence-electron chi connectivity index (χ2n) is 8.75. The van der Waals surface area contributed by atoms with Gasteiger partial charge in [0.2, 0.25) is 5.91 Å². The fourth-order valence-electron chi connectivity index (χ4n) is 5.43. The van der Waals surface area contributed by atoms with Crippen molar-refractivity contribution in [1.82, 2.24) is 15.1 Å². The van der Waals surface area contributed by atoms with Crippen LogP contribution in [0.15, 0.2) is 24.3 Å². The van der Waals surface area contributed by atoms with E-state index in [1.807, 2.05) is 4.90 Å². The molecule has 0 saturated carbocycles. The van der Waals surface area contributed by atoms with Gasteiger partial charge in [0.1, 0.15) is 5.82 Å². The molecule has 2 amide bonds. The van der Waals surface area contributed by atoms with E-state index in [1.165, 1.54) is 12.1 Å². The third-order valence-electron chi connectivity index (χ3n) is 7.13. The van der Waals surface area contributed by atoms with Crippen molar-refractivity contribution >= 4 is 11.8 Å². The average molecular weight is 387 g/mol. The van der Waals surface area contributed by atoms with Gasteiger partial charge in [-0.2, -0.15) is 0 Å². The molecule has 0 radical (unpaired) electrons. The van der Waals surface area contributed by atoms with Crippen LogP contribution >= 0.6 is 0 Å². The molecule has 3 aliphatic heterocycles. The Bertz CT molecular complexity index is 743. The van der Waals surface area contributed by atoms with Gasteiger partial charge in [-0.3, -0.25) is 14.5 Å². The molecule has 1 N–H and O–H groups in total. The number of hydrogen-bond acceptors (Lipinski definition) is 3. The van der Waals surface area contributed by atoms with Gasteiger partial charge in [0.25, 0.3) is 5.91 Å². The summed E-state index contributed by atoms with van der Waals surface area (Å²) in [6.07, 6.45) is 3.91. The van der Waals surface area contributed by atoms with Gasteiger partial charge in [0, 0.05) is 49.2 Å². The summed E-state index contributed by atoms with van der Waals surface area (Å²) in [5.74, 6) is 0.216. The lowest BCUT2D eigenvalue weighted by Crippen LogP contribution is -2.56. The van der Waals surface area contributed by atoms with Crippen LogP contribution in [0, 0.1) is 17.7 Å². The molecular weight excluding hydrogens is 357 g/mol. The Labute approximate surface area is 166 Å². The molecule has 152 valence electrons. The van der Waals surface area contributed by atoms with Crippen molar-refractivity contribution in [2.75, 3.05) is 26.2 Å². The van der Waals surface area contributed by atoms with Crippen molar-refractivity contribution in [2.45, 2.75) is 51.1 Å². The first kappa shape index (κ1) is 19.4. The van der Waals surface area contributed by atoms with Crippen LogP contribution < -0.4 is 5.32 Å². The molecule has 6 heteroatoms. The fourth-order valence-corrected chi connectivity index (χ4v) is 5.43. The highest BCUT2D eigenvalue weighted by atomic mass is 19.1. The summed E-state index contributed by atoms with van der Waals surface area (Å²) < 4.78 is 13.1. The summed E-state index contributed by atoms with van der Waals surface area (Å²) in [5.41, 5.74) is 0.341. The summed E-state index contributed by atoms with van der Waals surface area (Å²) in [4.78, 5) is 29.7. The molecule has 1 aromatic carbocycles. The molecular formula is C22H30FN3O2. The minimum Gasteiger partial charge on any atom is -0.350 e. The number of carbonyl (C=O) groups excluding carboxylic acids is 2. The third-order valence-corrected chi connectivity index (χ3v) is 7.13. The van der Waals surface area contributed by atoms with Crippen LogP contribution in [0.4, 0.5) is 4.39 Å². The van der Waals surface area contributed by atoms with E-state index in [0.717, 1.165) is 38.8 Å². The Hall–Kier alpha value is -1.95. The number of fused-ring (bicyclic) bond motifs is 2. The van der Waals surface area contributed by atoms with Crippen molar-refractivity contribution < 1.29 is 14.0 Å². The van der Waals surface area contributed by atoms with E-state index < -0.39 is 0 Å². The summed E-state index contributed by atoms with van der Waals surface area (Å²) in [6, 6.07) is 6.25. The van der Waals surface area contributed by atoms with Crippen LogP contribution in [-0.2, 0) is 4.79 Å². The lowest BCUT2D eigenvalue weighted by Gasteiger charge is -2.43. The number of piperidine rings is 1. The zero-order chi connectivity index (χ0) is 19.9. The second kappa shape index (κ2) is 7.47. The van der Waals surface area contributed by atoms with Crippen LogP contribution in [0.3, 0.4) is 0 Å². The van der Waals surface area contributed by atoms with E-state index in [0.29, 0.717) is 30.6 Å². The van der Waals surface area contributed by atoms with E-state index in [2.05, 4.69) is 24.1 Å². The first-order valence-electron chi connectivity index (χ1n) is 10.5. The molecule has 4 rings (SSSR count). The molecule has 3 aliphatic rings. The van der Waals surface area contributed by atoms with Gasteiger partial charge in [-0.05, 0) is 50.5 Å². The molecule has 0 aromatic heterocycles. The molecule has 0 unspecified atom stereocenters. The summed E-state index contributed by atoms with van der Waals surface area (Å²) in [5, 5.41) is 3.32. The van der Waals surface area contributed by atoms with Crippen molar-refractivity contribution in [3.63, 3.8) is 0 Å². The molecule has 3 fully saturated rings. The highest BCUT2D eigenvalue weighted by Gasteiger charge is 2.57. The highest BCUT2D eigenvalue weighted by Crippen LogP contribution is 2.44. The quantitative estimate of drug-likeness (QED) is 0.864. The van der Waals surface area contributed by atoms with Crippen LogP contribution in [0.25, 0.3) is 0 Å². The molecule has 5 nitrogen and oxygen atoms in total. The Morgan fingerprint density at radius 3 is 2.57 bits per heavy atom. The number of nitrogens with zero attached hydrogens (tertiary/aromatic N) is 2. The minimum atomic E-state index is -0.336. The number of amides is 2. The number of halogens is 1. The number of nitrogens with one attached hydrogen (secondary N) is 1. The predicted octanol–water partition coefficient (Wildman–Crippen LogP) is 2.67. The normalized spacial score (nSPS) is 27.7. The minimum absolute atomic E-state index is 0.0552. The lowest BCUT2D eigenvalue weighted by molar-refractivity contribution is -0.123. The summed E-state index contributed by atoms with van der Waals surface area (Å²) in [6.45, 7) is 7.55. The standard InChI is InChI=1S/C22H30FN3O2/c1-3-4-15(2)26-13-18-19(14-26)22(24-20(18)27)9-11-25(12-10-22)21(28)16-5-7-17(23)8-6-16/h5-8,15,18-19H,3-4,9-14H2,1-2H3,(H,24,27)/t15-,18+,19-/m0/s1. The average Bonchev–Trinajstić information content (AvgIpc) is 3.24. The molecule has 0 aliphatic carbocycles. The monoisotopic (exact) mass is 387 g/mol. The molecule has 3 atom stereocenters. The van der Waals surface area contributed by atoms with Crippen LogP contribution in [0.2, 0.25) is 0 Å². The largest absolute Gasteiger partial charge is 0.350 e. The number of carbonyl (C=O) groups is 2. The Morgan fingerprint density at radius 1 is 1.25 bits per heavy atom. The van der Waals surface area contributed by atoms with Crippen molar-refractivity contribution in [3.8, 4) is 0 Å². The number of hydrogen-bond donors (Lipinski definition) is 1. The van der Waals surface area contributed by atoms with Crippen LogP contribution in [0.1, 0.15) is 49.9 Å². The maximum Gasteiger partial charge on any atom is 0.253 e. The maximum atomic E-state index is 13.1. The Balaban J connectivity index is 1.43. The predicted molar refractivity (Wildman–Crippen MR) is 105 cm³/mol. The van der Waals surface area contributed by atoms with Gasteiger partial charge in [-0.1, -0.05) is 13.3 Å². The summed E-state index contributed by atoms with van der Waals surface area (Å²) in [7, 11) is 0. The number of rotatable bonds is 4. The lowest BCUT2D eigenvalue weighted by atomic mass is 9.75. The van der Waals surface area contributed by atoms with Gasteiger partial charge in [-0.25, -0.2) is 4.39 Å². The SMILES string of the molecule is CCC[C@H](C)N1C[C@H]2C(=O)NC3(CCN(C(=O)c4ccc(F)cc4)CC3)[C@H]2C1. The van der Waals surface area contributed by atoms with Gasteiger partial charge in [0.15, 0.2) is 0 Å². The van der Waals surface area contributed by atoms with E-state index in [-0.39, 0.29) is 29.1 Å². The van der Waals surface area contributed by atoms with Crippen LogP contribution in [0.5, 0.6) is 0 Å². The van der Waals surface area contributed by atoms with Crippen LogP contribution in [-0.4, -0.2) is 59.4 Å². The van der Waals surface area contributed by atoms with Gasteiger partial charge in [-0.15, -0.1) is 0 Å². The van der Waals surface area contributed by atoms with E-state index in [9.17, 15) is 14.0 Å². The molecule has 1 spiro atoms. The highest BCUT2D eigenvalue weighted by molar-refractivity contribution is 5.94. The third kappa shape index (κ3) is 3.32. The van der Waals surface area contributed by atoms with E-state index in [4.69, 9.17) is 0 Å². The molecule has 0 bridgehead atoms.